The molecule has 0 saturated heterocycles. The van der Waals surface area contributed by atoms with Crippen molar-refractivity contribution in [2.75, 3.05) is 17.2 Å². The molecule has 0 spiro atoms. The number of aromatic nitrogens is 3. The zero-order valence-corrected chi connectivity index (χ0v) is 17.8. The number of alkyl halides is 1. The van der Waals surface area contributed by atoms with Crippen LogP contribution in [-0.4, -0.2) is 50.3 Å². The quantitative estimate of drug-likeness (QED) is 0.418. The summed E-state index contributed by atoms with van der Waals surface area (Å²) >= 11 is 1.29. The van der Waals surface area contributed by atoms with Crippen molar-refractivity contribution < 1.29 is 18.7 Å². The van der Waals surface area contributed by atoms with Crippen molar-refractivity contribution in [1.82, 2.24) is 20.3 Å². The Morgan fingerprint density at radius 2 is 2.13 bits per heavy atom. The van der Waals surface area contributed by atoms with Crippen LogP contribution in [0, 0.1) is 5.82 Å². The minimum atomic E-state index is -1.62. The standard InChI is InChI=1S/C20H22F2N6O2S/c1-20(2,30)15(22)8-24-18(29)11-7-23-16(6-13(11)26-10-3-4-10)27-17-12(21)5-14-19(28-17)31-9-25-14/h5-7,9-10,15,30H,3-4,8H2,1-2H3,(H,24,29)(H2,23,26,27,28)/t15-/m1/s1. The number of thiazole rings is 1. The first kappa shape index (κ1) is 21.3. The first-order valence-electron chi connectivity index (χ1n) is 9.78. The molecule has 1 amide bonds. The van der Waals surface area contributed by atoms with Crippen LogP contribution in [0.4, 0.5) is 26.1 Å². The van der Waals surface area contributed by atoms with Gasteiger partial charge in [-0.25, -0.2) is 23.7 Å². The first-order chi connectivity index (χ1) is 14.7. The van der Waals surface area contributed by atoms with Crippen LogP contribution in [-0.2, 0) is 0 Å². The van der Waals surface area contributed by atoms with Crippen molar-refractivity contribution in [1.29, 1.82) is 0 Å². The summed E-state index contributed by atoms with van der Waals surface area (Å²) in [4.78, 5) is 25.6. The second-order valence-corrected chi connectivity index (χ2v) is 8.82. The number of fused-ring (bicyclic) bond motifs is 1. The molecule has 0 unspecified atom stereocenters. The molecule has 164 valence electrons. The van der Waals surface area contributed by atoms with Crippen LogP contribution in [0.15, 0.2) is 23.8 Å². The van der Waals surface area contributed by atoms with E-state index in [9.17, 15) is 18.7 Å². The SMILES string of the molecule is CC(C)(O)[C@H](F)CNC(=O)c1cnc(Nc2nc3scnc3cc2F)cc1NC1CC1. The molecule has 4 rings (SSSR count). The van der Waals surface area contributed by atoms with Crippen molar-refractivity contribution in [3.63, 3.8) is 0 Å². The lowest BCUT2D eigenvalue weighted by Gasteiger charge is -2.22. The molecule has 0 aromatic carbocycles. The Balaban J connectivity index is 1.55. The average molecular weight is 448 g/mol. The Hall–Kier alpha value is -2.92. The van der Waals surface area contributed by atoms with Crippen LogP contribution < -0.4 is 16.0 Å². The van der Waals surface area contributed by atoms with Crippen molar-refractivity contribution in [2.24, 2.45) is 0 Å². The number of rotatable bonds is 8. The number of carbonyl (C=O) groups excluding carboxylic acids is 1. The maximum absolute atomic E-state index is 14.4. The van der Waals surface area contributed by atoms with Crippen LogP contribution in [0.25, 0.3) is 10.3 Å². The maximum Gasteiger partial charge on any atom is 0.255 e. The van der Waals surface area contributed by atoms with Gasteiger partial charge in [0, 0.05) is 24.4 Å². The molecule has 3 heterocycles. The van der Waals surface area contributed by atoms with E-state index in [1.54, 1.807) is 11.6 Å². The number of carbonyl (C=O) groups is 1. The number of pyridine rings is 2. The van der Waals surface area contributed by atoms with Crippen molar-refractivity contribution in [3.8, 4) is 0 Å². The minimum absolute atomic E-state index is 0.00396. The van der Waals surface area contributed by atoms with E-state index >= 15 is 0 Å². The average Bonchev–Trinajstić information content (AvgIpc) is 3.41. The summed E-state index contributed by atoms with van der Waals surface area (Å²) in [6.07, 6.45) is 1.65. The number of hydrogen-bond donors (Lipinski definition) is 4. The summed E-state index contributed by atoms with van der Waals surface area (Å²) in [5, 5.41) is 18.3. The third-order valence-electron chi connectivity index (χ3n) is 4.82. The van der Waals surface area contributed by atoms with E-state index < -0.39 is 23.5 Å². The van der Waals surface area contributed by atoms with Gasteiger partial charge in [0.25, 0.3) is 5.91 Å². The van der Waals surface area contributed by atoms with Gasteiger partial charge < -0.3 is 21.1 Å². The summed E-state index contributed by atoms with van der Waals surface area (Å²) in [7, 11) is 0. The van der Waals surface area contributed by atoms with Crippen LogP contribution >= 0.6 is 11.3 Å². The predicted octanol–water partition coefficient (Wildman–Crippen LogP) is 3.38. The van der Waals surface area contributed by atoms with Gasteiger partial charge in [-0.05, 0) is 26.7 Å². The van der Waals surface area contributed by atoms with Crippen LogP contribution in [0.3, 0.4) is 0 Å². The lowest BCUT2D eigenvalue weighted by molar-refractivity contribution is -0.00177. The van der Waals surface area contributed by atoms with Gasteiger partial charge in [-0.3, -0.25) is 4.79 Å². The molecule has 1 saturated carbocycles. The number of hydrogen-bond acceptors (Lipinski definition) is 8. The molecule has 3 aromatic heterocycles. The molecule has 0 radical (unpaired) electrons. The van der Waals surface area contributed by atoms with Crippen molar-refractivity contribution >= 4 is 44.9 Å². The summed E-state index contributed by atoms with van der Waals surface area (Å²) < 4.78 is 28.3. The number of anilines is 3. The van der Waals surface area contributed by atoms with E-state index in [4.69, 9.17) is 0 Å². The van der Waals surface area contributed by atoms with Gasteiger partial charge in [0.05, 0.1) is 28.9 Å². The summed E-state index contributed by atoms with van der Waals surface area (Å²) in [6, 6.07) is 3.12. The molecule has 8 nitrogen and oxygen atoms in total. The maximum atomic E-state index is 14.4. The normalized spacial score (nSPS) is 15.0. The zero-order valence-electron chi connectivity index (χ0n) is 16.9. The Morgan fingerprint density at radius 1 is 1.35 bits per heavy atom. The second-order valence-electron chi connectivity index (χ2n) is 7.99. The molecule has 1 aliphatic carbocycles. The largest absolute Gasteiger partial charge is 0.387 e. The van der Waals surface area contributed by atoms with E-state index in [1.165, 1.54) is 37.4 Å². The van der Waals surface area contributed by atoms with E-state index in [-0.39, 0.29) is 24.0 Å². The predicted molar refractivity (Wildman–Crippen MR) is 115 cm³/mol. The molecule has 1 aliphatic rings. The molecule has 11 heteroatoms. The fourth-order valence-electron chi connectivity index (χ4n) is 2.78. The van der Waals surface area contributed by atoms with Crippen LogP contribution in [0.5, 0.6) is 0 Å². The van der Waals surface area contributed by atoms with Gasteiger partial charge in [-0.1, -0.05) is 0 Å². The Kier molecular flexibility index (Phi) is 5.71. The molecule has 0 aliphatic heterocycles. The first-order valence-corrected chi connectivity index (χ1v) is 10.7. The fraction of sp³-hybridized carbons (Fsp3) is 0.400. The number of nitrogens with one attached hydrogen (secondary N) is 3. The molecule has 1 fully saturated rings. The number of aliphatic hydroxyl groups is 1. The van der Waals surface area contributed by atoms with E-state index in [2.05, 4.69) is 30.9 Å². The summed E-state index contributed by atoms with van der Waals surface area (Å²) in [5.41, 5.74) is 1.22. The summed E-state index contributed by atoms with van der Waals surface area (Å²) in [5.74, 6) is -0.789. The number of amides is 1. The minimum Gasteiger partial charge on any atom is -0.387 e. The Bertz CT molecular complexity index is 1110. The van der Waals surface area contributed by atoms with E-state index in [0.717, 1.165) is 12.8 Å². The highest BCUT2D eigenvalue weighted by Crippen LogP contribution is 2.30. The van der Waals surface area contributed by atoms with Crippen molar-refractivity contribution in [3.05, 3.63) is 35.2 Å². The molecule has 3 aromatic rings. The van der Waals surface area contributed by atoms with E-state index in [1.807, 2.05) is 0 Å². The highest BCUT2D eigenvalue weighted by atomic mass is 32.1. The molecule has 4 N–H and O–H groups in total. The van der Waals surface area contributed by atoms with Gasteiger partial charge in [0.2, 0.25) is 0 Å². The fourth-order valence-corrected chi connectivity index (χ4v) is 3.43. The number of halogens is 2. The monoisotopic (exact) mass is 448 g/mol. The van der Waals surface area contributed by atoms with Gasteiger partial charge >= 0.3 is 0 Å². The lowest BCUT2D eigenvalue weighted by Crippen LogP contribution is -2.42. The zero-order chi connectivity index (χ0) is 22.2. The molecule has 1 atom stereocenters. The second kappa shape index (κ2) is 8.31. The molecular weight excluding hydrogens is 426 g/mol. The Labute approximate surface area is 181 Å². The van der Waals surface area contributed by atoms with Gasteiger partial charge in [-0.15, -0.1) is 11.3 Å². The highest BCUT2D eigenvalue weighted by Gasteiger charge is 2.28. The third-order valence-corrected chi connectivity index (χ3v) is 5.55. The van der Waals surface area contributed by atoms with Crippen molar-refractivity contribution in [2.45, 2.75) is 44.5 Å². The van der Waals surface area contributed by atoms with Crippen LogP contribution in [0.2, 0.25) is 0 Å². The number of nitrogens with zero attached hydrogens (tertiary/aromatic N) is 3. The Morgan fingerprint density at radius 3 is 2.84 bits per heavy atom. The van der Waals surface area contributed by atoms with Gasteiger partial charge in [0.15, 0.2) is 11.6 Å². The molecule has 0 bridgehead atoms. The summed E-state index contributed by atoms with van der Waals surface area (Å²) in [6.45, 7) is 2.33. The highest BCUT2D eigenvalue weighted by molar-refractivity contribution is 7.16. The lowest BCUT2D eigenvalue weighted by atomic mass is 10.0. The third kappa shape index (κ3) is 5.05. The smallest absolute Gasteiger partial charge is 0.255 e. The molecule has 31 heavy (non-hydrogen) atoms. The van der Waals surface area contributed by atoms with Gasteiger partial charge in [0.1, 0.15) is 22.3 Å². The topological polar surface area (TPSA) is 112 Å². The molecular formula is C20H22F2N6O2S. The van der Waals surface area contributed by atoms with E-state index in [0.29, 0.717) is 21.9 Å². The van der Waals surface area contributed by atoms with Crippen LogP contribution in [0.1, 0.15) is 37.0 Å². The van der Waals surface area contributed by atoms with Gasteiger partial charge in [-0.2, -0.15) is 0 Å².